The van der Waals surface area contributed by atoms with E-state index < -0.39 is 17.8 Å². The molecule has 0 fully saturated rings. The number of aromatic amines is 1. The second-order valence-electron chi connectivity index (χ2n) is 6.66. The van der Waals surface area contributed by atoms with Gasteiger partial charge in [-0.05, 0) is 43.7 Å². The first-order valence-corrected chi connectivity index (χ1v) is 10.4. The Bertz CT molecular complexity index is 1210. The fraction of sp³-hybridized carbons (Fsp3) is 0.238. The predicted octanol–water partition coefficient (Wildman–Crippen LogP) is 3.39. The van der Waals surface area contributed by atoms with Crippen molar-refractivity contribution in [2.24, 2.45) is 0 Å². The van der Waals surface area contributed by atoms with Gasteiger partial charge in [0.25, 0.3) is 5.91 Å². The lowest BCUT2D eigenvalue weighted by Gasteiger charge is -2.04. The van der Waals surface area contributed by atoms with Crippen molar-refractivity contribution in [2.45, 2.75) is 13.8 Å². The van der Waals surface area contributed by atoms with E-state index in [9.17, 15) is 14.4 Å². The maximum atomic E-state index is 12.8. The third-order valence-corrected chi connectivity index (χ3v) is 5.90. The van der Waals surface area contributed by atoms with E-state index >= 15 is 0 Å². The van der Waals surface area contributed by atoms with Crippen LogP contribution in [0, 0.1) is 6.92 Å². The van der Waals surface area contributed by atoms with Crippen LogP contribution >= 0.6 is 11.3 Å². The molecule has 0 saturated carbocycles. The average molecular weight is 457 g/mol. The Balaban J connectivity index is 1.60. The van der Waals surface area contributed by atoms with Gasteiger partial charge in [-0.15, -0.1) is 11.3 Å². The van der Waals surface area contributed by atoms with E-state index in [0.717, 1.165) is 16.9 Å². The highest BCUT2D eigenvalue weighted by Crippen LogP contribution is 2.36. The molecule has 32 heavy (non-hydrogen) atoms. The summed E-state index contributed by atoms with van der Waals surface area (Å²) in [7, 11) is 1.22. The summed E-state index contributed by atoms with van der Waals surface area (Å²) >= 11 is 0.945. The highest BCUT2D eigenvalue weighted by molar-refractivity contribution is 7.18. The van der Waals surface area contributed by atoms with Crippen LogP contribution in [0.25, 0.3) is 11.3 Å². The second-order valence-corrected chi connectivity index (χ2v) is 7.68. The first-order chi connectivity index (χ1) is 15.4. The zero-order valence-corrected chi connectivity index (χ0v) is 18.3. The Labute approximate surface area is 186 Å². The number of fused-ring (bicyclic) bond motifs is 1. The van der Waals surface area contributed by atoms with Gasteiger partial charge >= 0.3 is 11.9 Å². The third-order valence-electron chi connectivity index (χ3n) is 4.72. The number of carbonyl (C=O) groups excluding carboxylic acids is 3. The molecule has 0 bridgehead atoms. The van der Waals surface area contributed by atoms with Crippen molar-refractivity contribution >= 4 is 34.2 Å². The number of carbonyl (C=O) groups is 3. The van der Waals surface area contributed by atoms with Crippen molar-refractivity contribution in [3.63, 3.8) is 0 Å². The highest BCUT2D eigenvalue weighted by atomic mass is 32.1. The van der Waals surface area contributed by atoms with Gasteiger partial charge in [-0.3, -0.25) is 9.89 Å². The molecule has 0 saturated heterocycles. The molecule has 1 aliphatic heterocycles. The van der Waals surface area contributed by atoms with Crippen LogP contribution in [0.15, 0.2) is 24.3 Å². The molecule has 1 aromatic carbocycles. The Hall–Kier alpha value is -3.86. The summed E-state index contributed by atoms with van der Waals surface area (Å²) in [5.74, 6) is -0.545. The largest absolute Gasteiger partial charge is 0.465 e. The van der Waals surface area contributed by atoms with Crippen molar-refractivity contribution in [2.75, 3.05) is 25.8 Å². The number of rotatable bonds is 6. The molecule has 1 amide bonds. The first-order valence-electron chi connectivity index (χ1n) is 9.58. The fourth-order valence-corrected chi connectivity index (χ4v) is 4.24. The van der Waals surface area contributed by atoms with E-state index in [1.807, 2.05) is 0 Å². The van der Waals surface area contributed by atoms with E-state index in [-0.39, 0.29) is 34.5 Å². The van der Waals surface area contributed by atoms with E-state index in [2.05, 4.69) is 15.5 Å². The standard InChI is InChI=1S/C21H19N3O7S/c1-4-29-21(27)17-10(2)16(20(26)28-3)19(32-17)22-18(25)13-8-12(23-24-13)11-5-6-14-15(7-11)31-9-30-14/h5-8H,4,9H2,1-3H3,(H,22,25)(H,23,24). The molecule has 3 heterocycles. The maximum Gasteiger partial charge on any atom is 0.348 e. The number of anilines is 1. The average Bonchev–Trinajstić information content (AvgIpc) is 3.51. The van der Waals surface area contributed by atoms with Crippen LogP contribution in [0.4, 0.5) is 5.00 Å². The van der Waals surface area contributed by atoms with E-state index in [4.69, 9.17) is 18.9 Å². The smallest absolute Gasteiger partial charge is 0.348 e. The number of hydrogen-bond acceptors (Lipinski definition) is 9. The van der Waals surface area contributed by atoms with Gasteiger partial charge in [0.05, 0.1) is 25.0 Å². The number of methoxy groups -OCH3 is 1. The number of aromatic nitrogens is 2. The number of nitrogens with one attached hydrogen (secondary N) is 2. The topological polar surface area (TPSA) is 129 Å². The Kier molecular flexibility index (Phi) is 5.82. The quantitative estimate of drug-likeness (QED) is 0.539. The van der Waals surface area contributed by atoms with E-state index in [1.54, 1.807) is 38.1 Å². The number of nitrogens with zero attached hydrogens (tertiary/aromatic N) is 1. The zero-order chi connectivity index (χ0) is 22.8. The summed E-state index contributed by atoms with van der Waals surface area (Å²) in [6.45, 7) is 3.62. The number of esters is 2. The van der Waals surface area contributed by atoms with Crippen LogP contribution in [-0.4, -0.2) is 48.6 Å². The van der Waals surface area contributed by atoms with Crippen LogP contribution in [0.3, 0.4) is 0 Å². The van der Waals surface area contributed by atoms with Gasteiger partial charge < -0.3 is 24.3 Å². The van der Waals surface area contributed by atoms with Crippen LogP contribution in [0.5, 0.6) is 11.5 Å². The monoisotopic (exact) mass is 457 g/mol. The number of amides is 1. The predicted molar refractivity (Wildman–Crippen MR) is 114 cm³/mol. The number of benzene rings is 1. The molecular formula is C21H19N3O7S. The molecule has 0 radical (unpaired) electrons. The molecule has 11 heteroatoms. The Morgan fingerprint density at radius 1 is 1.19 bits per heavy atom. The summed E-state index contributed by atoms with van der Waals surface area (Å²) in [6.07, 6.45) is 0. The number of hydrogen-bond donors (Lipinski definition) is 2. The SMILES string of the molecule is CCOC(=O)c1sc(NC(=O)c2cc(-c3ccc4c(c3)OCO4)n[nH]2)c(C(=O)OC)c1C. The molecule has 2 aromatic heterocycles. The van der Waals surface area contributed by atoms with Crippen LogP contribution < -0.4 is 14.8 Å². The normalized spacial score (nSPS) is 11.8. The van der Waals surface area contributed by atoms with Crippen LogP contribution in [0.1, 0.15) is 43.0 Å². The summed E-state index contributed by atoms with van der Waals surface area (Å²) in [4.78, 5) is 37.6. The molecule has 10 nitrogen and oxygen atoms in total. The number of ether oxygens (including phenoxy) is 4. The lowest BCUT2D eigenvalue weighted by atomic mass is 10.1. The highest BCUT2D eigenvalue weighted by Gasteiger charge is 2.27. The zero-order valence-electron chi connectivity index (χ0n) is 17.4. The molecule has 2 N–H and O–H groups in total. The lowest BCUT2D eigenvalue weighted by molar-refractivity contribution is 0.0531. The molecule has 1 aliphatic rings. The third kappa shape index (κ3) is 3.89. The number of H-pyrrole nitrogens is 1. The fourth-order valence-electron chi connectivity index (χ4n) is 3.15. The summed E-state index contributed by atoms with van der Waals surface area (Å²) in [6, 6.07) is 6.90. The summed E-state index contributed by atoms with van der Waals surface area (Å²) < 4.78 is 20.5. The van der Waals surface area contributed by atoms with Crippen molar-refractivity contribution in [1.82, 2.24) is 10.2 Å². The lowest BCUT2D eigenvalue weighted by Crippen LogP contribution is -2.14. The van der Waals surface area contributed by atoms with Crippen molar-refractivity contribution in [3.05, 3.63) is 46.0 Å². The van der Waals surface area contributed by atoms with Gasteiger partial charge in [0, 0.05) is 5.56 Å². The summed E-state index contributed by atoms with van der Waals surface area (Å²) in [5, 5.41) is 9.70. The van der Waals surface area contributed by atoms with Gasteiger partial charge in [0.1, 0.15) is 15.6 Å². The molecule has 0 unspecified atom stereocenters. The van der Waals surface area contributed by atoms with Crippen LogP contribution in [0.2, 0.25) is 0 Å². The van der Waals surface area contributed by atoms with Crippen molar-refractivity contribution in [1.29, 1.82) is 0 Å². The van der Waals surface area contributed by atoms with Gasteiger partial charge in [-0.2, -0.15) is 5.10 Å². The minimum absolute atomic E-state index is 0.101. The van der Waals surface area contributed by atoms with Gasteiger partial charge in [0.15, 0.2) is 11.5 Å². The molecule has 0 aliphatic carbocycles. The molecule has 3 aromatic rings. The molecule has 4 rings (SSSR count). The van der Waals surface area contributed by atoms with Gasteiger partial charge in [-0.25, -0.2) is 9.59 Å². The molecular weight excluding hydrogens is 438 g/mol. The maximum absolute atomic E-state index is 12.8. The Morgan fingerprint density at radius 3 is 2.72 bits per heavy atom. The van der Waals surface area contributed by atoms with E-state index in [1.165, 1.54) is 7.11 Å². The van der Waals surface area contributed by atoms with Gasteiger partial charge in [-0.1, -0.05) is 0 Å². The second kappa shape index (κ2) is 8.71. The molecule has 0 atom stereocenters. The van der Waals surface area contributed by atoms with Crippen LogP contribution in [-0.2, 0) is 9.47 Å². The minimum atomic E-state index is -0.671. The Morgan fingerprint density at radius 2 is 1.97 bits per heavy atom. The van der Waals surface area contributed by atoms with Crippen molar-refractivity contribution < 1.29 is 33.3 Å². The minimum Gasteiger partial charge on any atom is -0.465 e. The molecule has 0 spiro atoms. The van der Waals surface area contributed by atoms with Gasteiger partial charge in [0.2, 0.25) is 6.79 Å². The van der Waals surface area contributed by atoms with Crippen molar-refractivity contribution in [3.8, 4) is 22.8 Å². The number of thiophene rings is 1. The molecule has 166 valence electrons. The summed E-state index contributed by atoms with van der Waals surface area (Å²) in [5.41, 5.74) is 1.90. The van der Waals surface area contributed by atoms with E-state index in [0.29, 0.717) is 22.8 Å². The first kappa shape index (κ1) is 21.4.